The van der Waals surface area contributed by atoms with Gasteiger partial charge in [-0.25, -0.2) is 19.3 Å². The molecule has 3 rings (SSSR count). The number of benzene rings is 1. The Balaban J connectivity index is 1.83. The molecule has 0 aliphatic carbocycles. The van der Waals surface area contributed by atoms with E-state index in [0.717, 1.165) is 5.56 Å². The first-order chi connectivity index (χ1) is 9.76. The van der Waals surface area contributed by atoms with Crippen molar-refractivity contribution in [3.63, 3.8) is 0 Å². The van der Waals surface area contributed by atoms with E-state index in [1.54, 1.807) is 18.2 Å². The Morgan fingerprint density at radius 2 is 2.10 bits per heavy atom. The molecular formula is C13H12N4O3. The molecule has 102 valence electrons. The number of hydrogen-bond acceptors (Lipinski definition) is 5. The number of hydrogen-bond donors (Lipinski definition) is 2. The minimum Gasteiger partial charge on any atom is -0.439 e. The number of aromatic amines is 1. The SMILES string of the molecule is O=c1[nH]nc2cc(Oc3ccc(CCO)cc3)ncn12. The fraction of sp³-hybridized carbons (Fsp3) is 0.154. The van der Waals surface area contributed by atoms with Gasteiger partial charge in [-0.3, -0.25) is 0 Å². The molecule has 0 aliphatic heterocycles. The second-order valence-electron chi connectivity index (χ2n) is 4.20. The standard InChI is InChI=1S/C13H12N4O3/c18-6-5-9-1-3-10(4-2-9)20-12-7-11-15-16-13(19)17(11)8-14-12/h1-4,7-8,18H,5-6H2,(H,16,19). The zero-order valence-corrected chi connectivity index (χ0v) is 10.5. The molecule has 20 heavy (non-hydrogen) atoms. The summed E-state index contributed by atoms with van der Waals surface area (Å²) >= 11 is 0. The number of aliphatic hydroxyl groups is 1. The van der Waals surface area contributed by atoms with E-state index in [9.17, 15) is 4.79 Å². The quantitative estimate of drug-likeness (QED) is 0.731. The topological polar surface area (TPSA) is 92.5 Å². The number of rotatable bonds is 4. The van der Waals surface area contributed by atoms with Crippen molar-refractivity contribution in [3.8, 4) is 11.6 Å². The van der Waals surface area contributed by atoms with Crippen LogP contribution in [-0.2, 0) is 6.42 Å². The summed E-state index contributed by atoms with van der Waals surface area (Å²) < 4.78 is 6.87. The number of nitrogens with one attached hydrogen (secondary N) is 1. The number of nitrogens with zero attached hydrogens (tertiary/aromatic N) is 3. The highest BCUT2D eigenvalue weighted by atomic mass is 16.5. The number of fused-ring (bicyclic) bond motifs is 1. The molecule has 0 bridgehead atoms. The first-order valence-corrected chi connectivity index (χ1v) is 6.07. The Bertz CT molecular complexity index is 776. The lowest BCUT2D eigenvalue weighted by Crippen LogP contribution is -2.09. The molecule has 0 saturated carbocycles. The molecule has 0 spiro atoms. The highest BCUT2D eigenvalue weighted by Gasteiger charge is 2.04. The predicted molar refractivity (Wildman–Crippen MR) is 70.9 cm³/mol. The Morgan fingerprint density at radius 1 is 1.30 bits per heavy atom. The molecule has 7 nitrogen and oxygen atoms in total. The lowest BCUT2D eigenvalue weighted by atomic mass is 10.1. The van der Waals surface area contributed by atoms with Crippen molar-refractivity contribution >= 4 is 5.65 Å². The molecule has 0 saturated heterocycles. The van der Waals surface area contributed by atoms with E-state index >= 15 is 0 Å². The van der Waals surface area contributed by atoms with Gasteiger partial charge in [0, 0.05) is 12.7 Å². The molecule has 2 heterocycles. The van der Waals surface area contributed by atoms with E-state index in [4.69, 9.17) is 9.84 Å². The molecule has 1 aromatic carbocycles. The summed E-state index contributed by atoms with van der Waals surface area (Å²) in [6.07, 6.45) is 1.97. The monoisotopic (exact) mass is 272 g/mol. The van der Waals surface area contributed by atoms with Crippen LogP contribution in [0.3, 0.4) is 0 Å². The molecule has 3 aromatic rings. The first-order valence-electron chi connectivity index (χ1n) is 6.07. The van der Waals surface area contributed by atoms with E-state index in [-0.39, 0.29) is 12.3 Å². The van der Waals surface area contributed by atoms with Crippen molar-refractivity contribution in [2.24, 2.45) is 0 Å². The molecule has 0 atom stereocenters. The Morgan fingerprint density at radius 3 is 2.85 bits per heavy atom. The van der Waals surface area contributed by atoms with Crippen LogP contribution in [0, 0.1) is 0 Å². The summed E-state index contributed by atoms with van der Waals surface area (Å²) in [4.78, 5) is 15.3. The van der Waals surface area contributed by atoms with E-state index in [1.165, 1.54) is 10.7 Å². The maximum absolute atomic E-state index is 11.3. The number of H-pyrrole nitrogens is 1. The summed E-state index contributed by atoms with van der Waals surface area (Å²) in [6.45, 7) is 0.117. The van der Waals surface area contributed by atoms with E-state index in [0.29, 0.717) is 23.7 Å². The maximum atomic E-state index is 11.3. The van der Waals surface area contributed by atoms with Gasteiger partial charge in [-0.2, -0.15) is 5.10 Å². The van der Waals surface area contributed by atoms with E-state index in [1.807, 2.05) is 12.1 Å². The van der Waals surface area contributed by atoms with Gasteiger partial charge < -0.3 is 9.84 Å². The fourth-order valence-electron chi connectivity index (χ4n) is 1.82. The van der Waals surface area contributed by atoms with Crippen LogP contribution in [0.25, 0.3) is 5.65 Å². The number of ether oxygens (including phenoxy) is 1. The summed E-state index contributed by atoms with van der Waals surface area (Å²) in [5.41, 5.74) is 1.13. The first kappa shape index (κ1) is 12.4. The Labute approximate surface area is 113 Å². The third-order valence-corrected chi connectivity index (χ3v) is 2.83. The van der Waals surface area contributed by atoms with Crippen molar-refractivity contribution < 1.29 is 9.84 Å². The molecule has 0 fully saturated rings. The van der Waals surface area contributed by atoms with Gasteiger partial charge >= 0.3 is 5.69 Å². The van der Waals surface area contributed by atoms with Crippen molar-refractivity contribution in [2.75, 3.05) is 6.61 Å². The van der Waals surface area contributed by atoms with Crippen LogP contribution >= 0.6 is 0 Å². The summed E-state index contributed by atoms with van der Waals surface area (Å²) in [5, 5.41) is 15.0. The molecule has 2 aromatic heterocycles. The zero-order chi connectivity index (χ0) is 13.9. The van der Waals surface area contributed by atoms with Crippen LogP contribution in [0.4, 0.5) is 0 Å². The minimum absolute atomic E-state index is 0.117. The normalized spacial score (nSPS) is 10.8. The summed E-state index contributed by atoms with van der Waals surface area (Å²) in [6, 6.07) is 8.92. The smallest absolute Gasteiger partial charge is 0.348 e. The van der Waals surface area contributed by atoms with Crippen LogP contribution in [0.15, 0.2) is 41.5 Å². The number of aromatic nitrogens is 4. The van der Waals surface area contributed by atoms with Crippen LogP contribution in [0.1, 0.15) is 5.56 Å². The van der Waals surface area contributed by atoms with Gasteiger partial charge in [-0.15, -0.1) is 0 Å². The number of aliphatic hydroxyl groups excluding tert-OH is 1. The Hall–Kier alpha value is -2.67. The van der Waals surface area contributed by atoms with Crippen molar-refractivity contribution in [1.29, 1.82) is 0 Å². The van der Waals surface area contributed by atoms with Crippen LogP contribution in [0.5, 0.6) is 11.6 Å². The highest BCUT2D eigenvalue weighted by Crippen LogP contribution is 2.20. The minimum atomic E-state index is -0.340. The van der Waals surface area contributed by atoms with E-state index < -0.39 is 0 Å². The molecule has 2 N–H and O–H groups in total. The van der Waals surface area contributed by atoms with Gasteiger partial charge in [0.2, 0.25) is 5.88 Å². The average molecular weight is 272 g/mol. The fourth-order valence-corrected chi connectivity index (χ4v) is 1.82. The molecule has 0 unspecified atom stereocenters. The third kappa shape index (κ3) is 2.39. The van der Waals surface area contributed by atoms with Gasteiger partial charge in [-0.1, -0.05) is 12.1 Å². The maximum Gasteiger partial charge on any atom is 0.348 e. The lowest BCUT2D eigenvalue weighted by molar-refractivity contribution is 0.299. The van der Waals surface area contributed by atoms with Crippen LogP contribution in [0.2, 0.25) is 0 Å². The van der Waals surface area contributed by atoms with Crippen LogP contribution in [-0.4, -0.2) is 31.3 Å². The second-order valence-corrected chi connectivity index (χ2v) is 4.20. The summed E-state index contributed by atoms with van der Waals surface area (Å²) in [5.74, 6) is 0.979. The van der Waals surface area contributed by atoms with Crippen LogP contribution < -0.4 is 10.4 Å². The van der Waals surface area contributed by atoms with E-state index in [2.05, 4.69) is 15.2 Å². The highest BCUT2D eigenvalue weighted by molar-refractivity contribution is 5.40. The molecule has 0 amide bonds. The average Bonchev–Trinajstić information content (AvgIpc) is 2.83. The Kier molecular flexibility index (Phi) is 3.18. The second kappa shape index (κ2) is 5.14. The molecular weight excluding hydrogens is 260 g/mol. The molecule has 7 heteroatoms. The third-order valence-electron chi connectivity index (χ3n) is 2.83. The molecule has 0 aliphatic rings. The van der Waals surface area contributed by atoms with Crippen molar-refractivity contribution in [3.05, 3.63) is 52.7 Å². The van der Waals surface area contributed by atoms with Gasteiger partial charge in [0.15, 0.2) is 5.65 Å². The van der Waals surface area contributed by atoms with Gasteiger partial charge in [-0.05, 0) is 24.1 Å². The van der Waals surface area contributed by atoms with Gasteiger partial charge in [0.25, 0.3) is 0 Å². The van der Waals surface area contributed by atoms with Crippen molar-refractivity contribution in [2.45, 2.75) is 6.42 Å². The lowest BCUT2D eigenvalue weighted by Gasteiger charge is -2.05. The summed E-state index contributed by atoms with van der Waals surface area (Å²) in [7, 11) is 0. The largest absolute Gasteiger partial charge is 0.439 e. The van der Waals surface area contributed by atoms with Crippen molar-refractivity contribution in [1.82, 2.24) is 19.6 Å². The van der Waals surface area contributed by atoms with Gasteiger partial charge in [0.05, 0.1) is 0 Å². The van der Waals surface area contributed by atoms with Gasteiger partial charge in [0.1, 0.15) is 12.1 Å². The zero-order valence-electron chi connectivity index (χ0n) is 10.5. The predicted octanol–water partition coefficient (Wildman–Crippen LogP) is 0.745. The molecule has 0 radical (unpaired) electrons.